The van der Waals surface area contributed by atoms with Crippen LogP contribution in [0.1, 0.15) is 29.1 Å². The van der Waals surface area contributed by atoms with Crippen molar-refractivity contribution in [2.45, 2.75) is 25.9 Å². The molecular weight excluding hydrogens is 342 g/mol. The standard InChI is InChI=1S/C21H21N3O3/c1-14-23-24-21(27-14)16-9-7-15(8-10-16)17-4-2-5-18(12-17)20(25)22-13-19-6-3-11-26-19/h2,4-5,7-10,12,19H,3,6,11,13H2,1H3,(H,22,25)/t19-/m0/s1. The van der Waals surface area contributed by atoms with Crippen LogP contribution in [0.25, 0.3) is 22.6 Å². The van der Waals surface area contributed by atoms with Crippen molar-refractivity contribution < 1.29 is 13.9 Å². The second-order valence-corrected chi connectivity index (χ2v) is 6.63. The summed E-state index contributed by atoms with van der Waals surface area (Å²) in [4.78, 5) is 12.4. The lowest BCUT2D eigenvalue weighted by molar-refractivity contribution is 0.0858. The number of nitrogens with one attached hydrogen (secondary N) is 1. The lowest BCUT2D eigenvalue weighted by atomic mass is 10.0. The van der Waals surface area contributed by atoms with Crippen molar-refractivity contribution in [3.8, 4) is 22.6 Å². The molecule has 6 heteroatoms. The first-order valence-electron chi connectivity index (χ1n) is 9.10. The minimum atomic E-state index is -0.0784. The van der Waals surface area contributed by atoms with E-state index in [4.69, 9.17) is 9.15 Å². The lowest BCUT2D eigenvalue weighted by Gasteiger charge is -2.11. The molecule has 1 atom stereocenters. The van der Waals surface area contributed by atoms with Crippen molar-refractivity contribution in [2.24, 2.45) is 0 Å². The third-order valence-electron chi connectivity index (χ3n) is 4.63. The van der Waals surface area contributed by atoms with Crippen molar-refractivity contribution in [3.05, 3.63) is 60.0 Å². The van der Waals surface area contributed by atoms with Gasteiger partial charge in [0.25, 0.3) is 5.91 Å². The monoisotopic (exact) mass is 363 g/mol. The van der Waals surface area contributed by atoms with E-state index in [0.29, 0.717) is 23.9 Å². The van der Waals surface area contributed by atoms with Gasteiger partial charge in [0.05, 0.1) is 6.10 Å². The van der Waals surface area contributed by atoms with E-state index in [1.807, 2.05) is 48.5 Å². The molecule has 0 spiro atoms. The Bertz CT molecular complexity index is 928. The fraction of sp³-hybridized carbons (Fsp3) is 0.286. The average molecular weight is 363 g/mol. The van der Waals surface area contributed by atoms with Crippen molar-refractivity contribution >= 4 is 5.91 Å². The number of ether oxygens (including phenoxy) is 1. The van der Waals surface area contributed by atoms with Crippen LogP contribution >= 0.6 is 0 Å². The first kappa shape index (κ1) is 17.4. The molecule has 1 saturated heterocycles. The van der Waals surface area contributed by atoms with Gasteiger partial charge in [-0.25, -0.2) is 0 Å². The predicted octanol–water partition coefficient (Wildman–Crippen LogP) is 3.62. The summed E-state index contributed by atoms with van der Waals surface area (Å²) in [6.07, 6.45) is 2.21. The summed E-state index contributed by atoms with van der Waals surface area (Å²) >= 11 is 0. The highest BCUT2D eigenvalue weighted by molar-refractivity contribution is 5.95. The normalized spacial score (nSPS) is 16.4. The van der Waals surface area contributed by atoms with E-state index in [9.17, 15) is 4.79 Å². The number of aryl methyl sites for hydroxylation is 1. The molecule has 1 fully saturated rings. The molecule has 2 aromatic carbocycles. The van der Waals surface area contributed by atoms with Crippen LogP contribution in [0.2, 0.25) is 0 Å². The Labute approximate surface area is 157 Å². The molecule has 1 aliphatic heterocycles. The van der Waals surface area contributed by atoms with Crippen molar-refractivity contribution in [1.29, 1.82) is 0 Å². The van der Waals surface area contributed by atoms with E-state index in [0.717, 1.165) is 36.1 Å². The van der Waals surface area contributed by atoms with Crippen LogP contribution in [0.4, 0.5) is 0 Å². The van der Waals surface area contributed by atoms with Gasteiger partial charge in [-0.05, 0) is 48.2 Å². The molecular formula is C21H21N3O3. The Morgan fingerprint density at radius 3 is 2.63 bits per heavy atom. The van der Waals surface area contributed by atoms with Gasteiger partial charge in [0.15, 0.2) is 0 Å². The van der Waals surface area contributed by atoms with Gasteiger partial charge in [-0.1, -0.05) is 24.3 Å². The van der Waals surface area contributed by atoms with E-state index in [1.54, 1.807) is 6.92 Å². The van der Waals surface area contributed by atoms with Crippen LogP contribution in [0.3, 0.4) is 0 Å². The molecule has 0 unspecified atom stereocenters. The molecule has 1 aliphatic rings. The zero-order valence-corrected chi connectivity index (χ0v) is 15.1. The molecule has 1 aromatic heterocycles. The number of carbonyl (C=O) groups is 1. The molecule has 2 heterocycles. The fourth-order valence-corrected chi connectivity index (χ4v) is 3.17. The molecule has 138 valence electrons. The maximum absolute atomic E-state index is 12.4. The second kappa shape index (κ2) is 7.72. The van der Waals surface area contributed by atoms with E-state index in [1.165, 1.54) is 0 Å². The number of hydrogen-bond donors (Lipinski definition) is 1. The van der Waals surface area contributed by atoms with Gasteiger partial charge in [-0.15, -0.1) is 10.2 Å². The molecule has 3 aromatic rings. The van der Waals surface area contributed by atoms with Gasteiger partial charge < -0.3 is 14.5 Å². The third-order valence-corrected chi connectivity index (χ3v) is 4.63. The van der Waals surface area contributed by atoms with Crippen molar-refractivity contribution in [3.63, 3.8) is 0 Å². The molecule has 0 saturated carbocycles. The molecule has 4 rings (SSSR count). The Morgan fingerprint density at radius 2 is 1.93 bits per heavy atom. The smallest absolute Gasteiger partial charge is 0.251 e. The average Bonchev–Trinajstić information content (AvgIpc) is 3.38. The lowest BCUT2D eigenvalue weighted by Crippen LogP contribution is -2.31. The molecule has 6 nitrogen and oxygen atoms in total. The van der Waals surface area contributed by atoms with Crippen molar-refractivity contribution in [1.82, 2.24) is 15.5 Å². The summed E-state index contributed by atoms with van der Waals surface area (Å²) in [5, 5.41) is 10.8. The summed E-state index contributed by atoms with van der Waals surface area (Å²) in [7, 11) is 0. The molecule has 27 heavy (non-hydrogen) atoms. The van der Waals surface area contributed by atoms with Crippen LogP contribution in [0.15, 0.2) is 52.9 Å². The molecule has 0 bridgehead atoms. The number of carbonyl (C=O) groups excluding carboxylic acids is 1. The molecule has 1 N–H and O–H groups in total. The maximum Gasteiger partial charge on any atom is 0.251 e. The van der Waals surface area contributed by atoms with Crippen LogP contribution in [-0.2, 0) is 4.74 Å². The van der Waals surface area contributed by atoms with Crippen LogP contribution in [-0.4, -0.2) is 35.4 Å². The topological polar surface area (TPSA) is 77.2 Å². The van der Waals surface area contributed by atoms with Gasteiger partial charge in [0, 0.05) is 31.2 Å². The van der Waals surface area contributed by atoms with Gasteiger partial charge in [0.1, 0.15) is 0 Å². The highest BCUT2D eigenvalue weighted by Gasteiger charge is 2.17. The van der Waals surface area contributed by atoms with E-state index >= 15 is 0 Å². The second-order valence-electron chi connectivity index (χ2n) is 6.63. The number of aromatic nitrogens is 2. The summed E-state index contributed by atoms with van der Waals surface area (Å²) < 4.78 is 11.0. The predicted molar refractivity (Wildman–Crippen MR) is 101 cm³/mol. The number of rotatable bonds is 5. The Hall–Kier alpha value is -2.99. The summed E-state index contributed by atoms with van der Waals surface area (Å²) in [5.74, 6) is 0.961. The van der Waals surface area contributed by atoms with Crippen LogP contribution in [0, 0.1) is 6.92 Å². The minimum Gasteiger partial charge on any atom is -0.421 e. The van der Waals surface area contributed by atoms with E-state index < -0.39 is 0 Å². The molecule has 1 amide bonds. The quantitative estimate of drug-likeness (QED) is 0.749. The minimum absolute atomic E-state index is 0.0784. The van der Waals surface area contributed by atoms with Gasteiger partial charge in [-0.2, -0.15) is 0 Å². The first-order valence-corrected chi connectivity index (χ1v) is 9.10. The SMILES string of the molecule is Cc1nnc(-c2ccc(-c3cccc(C(=O)NC[C@@H]4CCCO4)c3)cc2)o1. The van der Waals surface area contributed by atoms with Gasteiger partial charge >= 0.3 is 0 Å². The highest BCUT2D eigenvalue weighted by Crippen LogP contribution is 2.25. The number of benzene rings is 2. The molecule has 0 aliphatic carbocycles. The Kier molecular flexibility index (Phi) is 4.98. The van der Waals surface area contributed by atoms with Crippen molar-refractivity contribution in [2.75, 3.05) is 13.2 Å². The summed E-state index contributed by atoms with van der Waals surface area (Å²) in [6.45, 7) is 3.11. The number of nitrogens with zero attached hydrogens (tertiary/aromatic N) is 2. The highest BCUT2D eigenvalue weighted by atomic mass is 16.5. The zero-order valence-electron chi connectivity index (χ0n) is 15.1. The summed E-state index contributed by atoms with van der Waals surface area (Å²) in [5.41, 5.74) is 3.50. The summed E-state index contributed by atoms with van der Waals surface area (Å²) in [6, 6.07) is 15.4. The van der Waals surface area contributed by atoms with Crippen LogP contribution < -0.4 is 5.32 Å². The Morgan fingerprint density at radius 1 is 1.11 bits per heavy atom. The van der Waals surface area contributed by atoms with Gasteiger partial charge in [-0.3, -0.25) is 4.79 Å². The maximum atomic E-state index is 12.4. The van der Waals surface area contributed by atoms with Crippen LogP contribution in [0.5, 0.6) is 0 Å². The molecule has 0 radical (unpaired) electrons. The fourth-order valence-electron chi connectivity index (χ4n) is 3.17. The largest absolute Gasteiger partial charge is 0.421 e. The first-order chi connectivity index (χ1) is 13.2. The third kappa shape index (κ3) is 4.06. The zero-order chi connectivity index (χ0) is 18.6. The number of amides is 1. The van der Waals surface area contributed by atoms with Gasteiger partial charge in [0.2, 0.25) is 11.8 Å². The van der Waals surface area contributed by atoms with E-state index in [-0.39, 0.29) is 12.0 Å². The van der Waals surface area contributed by atoms with E-state index in [2.05, 4.69) is 15.5 Å². The Balaban J connectivity index is 1.47. The number of hydrogen-bond acceptors (Lipinski definition) is 5.